The fourth-order valence-corrected chi connectivity index (χ4v) is 2.29. The van der Waals surface area contributed by atoms with E-state index in [-0.39, 0.29) is 5.91 Å². The molecule has 4 heteroatoms. The van der Waals surface area contributed by atoms with Crippen LogP contribution in [0.5, 0.6) is 0 Å². The molecule has 2 rings (SSSR count). The van der Waals surface area contributed by atoms with Crippen molar-refractivity contribution in [2.75, 3.05) is 32.5 Å². The number of benzene rings is 1. The minimum Gasteiger partial charge on any atom is -0.399 e. The molecule has 1 aromatic rings. The summed E-state index contributed by atoms with van der Waals surface area (Å²) in [7, 11) is 1.85. The first kappa shape index (κ1) is 12.9. The quantitative estimate of drug-likeness (QED) is 0.829. The topological polar surface area (TPSA) is 55.6 Å². The number of nitrogen functional groups attached to an aromatic ring is 1. The van der Waals surface area contributed by atoms with Crippen LogP contribution in [0.4, 0.5) is 5.69 Å². The minimum absolute atomic E-state index is 0.0359. The van der Waals surface area contributed by atoms with Crippen LogP contribution in [0.3, 0.4) is 0 Å². The van der Waals surface area contributed by atoms with Gasteiger partial charge in [-0.1, -0.05) is 6.07 Å². The smallest absolute Gasteiger partial charge is 0.253 e. The molecule has 98 valence electrons. The van der Waals surface area contributed by atoms with Crippen LogP contribution < -0.4 is 5.73 Å². The van der Waals surface area contributed by atoms with Crippen molar-refractivity contribution in [3.63, 3.8) is 0 Å². The zero-order valence-electron chi connectivity index (χ0n) is 10.8. The molecular weight excluding hydrogens is 228 g/mol. The van der Waals surface area contributed by atoms with Crippen molar-refractivity contribution in [2.45, 2.75) is 12.8 Å². The average Bonchev–Trinajstić information content (AvgIpc) is 2.39. The number of amides is 1. The van der Waals surface area contributed by atoms with Gasteiger partial charge < -0.3 is 15.4 Å². The Hall–Kier alpha value is -1.55. The number of rotatable bonds is 3. The maximum atomic E-state index is 12.2. The molecule has 0 bridgehead atoms. The summed E-state index contributed by atoms with van der Waals surface area (Å²) in [5.41, 5.74) is 6.98. The van der Waals surface area contributed by atoms with E-state index in [4.69, 9.17) is 10.5 Å². The second kappa shape index (κ2) is 5.87. The highest BCUT2D eigenvalue weighted by Crippen LogP contribution is 2.17. The Balaban J connectivity index is 1.95. The predicted molar refractivity (Wildman–Crippen MR) is 71.4 cm³/mol. The Morgan fingerprint density at radius 3 is 2.83 bits per heavy atom. The van der Waals surface area contributed by atoms with Crippen LogP contribution in [0.15, 0.2) is 24.3 Å². The highest BCUT2D eigenvalue weighted by atomic mass is 16.5. The number of nitrogens with two attached hydrogens (primary N) is 1. The van der Waals surface area contributed by atoms with E-state index in [0.29, 0.717) is 17.2 Å². The Morgan fingerprint density at radius 2 is 2.17 bits per heavy atom. The average molecular weight is 248 g/mol. The number of anilines is 1. The van der Waals surface area contributed by atoms with Crippen molar-refractivity contribution in [1.29, 1.82) is 0 Å². The first-order valence-corrected chi connectivity index (χ1v) is 6.35. The van der Waals surface area contributed by atoms with Crippen LogP contribution in [-0.2, 0) is 4.74 Å². The second-order valence-electron chi connectivity index (χ2n) is 4.87. The number of carbonyl (C=O) groups excluding carboxylic acids is 1. The number of ether oxygens (including phenoxy) is 1. The Labute approximate surface area is 108 Å². The lowest BCUT2D eigenvalue weighted by Gasteiger charge is -2.27. The molecule has 1 amide bonds. The lowest BCUT2D eigenvalue weighted by molar-refractivity contribution is 0.0497. The van der Waals surface area contributed by atoms with Gasteiger partial charge in [-0.2, -0.15) is 0 Å². The van der Waals surface area contributed by atoms with Crippen LogP contribution in [0.25, 0.3) is 0 Å². The summed E-state index contributed by atoms with van der Waals surface area (Å²) in [5, 5.41) is 0. The van der Waals surface area contributed by atoms with Crippen molar-refractivity contribution >= 4 is 11.6 Å². The molecule has 0 atom stereocenters. The number of carbonyl (C=O) groups is 1. The van der Waals surface area contributed by atoms with Crippen LogP contribution >= 0.6 is 0 Å². The molecule has 1 fully saturated rings. The number of nitrogens with zero attached hydrogens (tertiary/aromatic N) is 1. The molecule has 1 aromatic carbocycles. The molecule has 0 aliphatic carbocycles. The van der Waals surface area contributed by atoms with Gasteiger partial charge in [0, 0.05) is 38.1 Å². The van der Waals surface area contributed by atoms with Crippen molar-refractivity contribution in [3.8, 4) is 0 Å². The molecule has 4 nitrogen and oxygen atoms in total. The predicted octanol–water partition coefficient (Wildman–Crippen LogP) is 1.77. The van der Waals surface area contributed by atoms with Crippen LogP contribution in [-0.4, -0.2) is 37.6 Å². The van der Waals surface area contributed by atoms with E-state index >= 15 is 0 Å². The standard InChI is InChI=1S/C14H20N2O2/c1-16(10-11-5-7-18-8-6-11)14(17)12-3-2-4-13(15)9-12/h2-4,9,11H,5-8,10,15H2,1H3. The van der Waals surface area contributed by atoms with Gasteiger partial charge >= 0.3 is 0 Å². The van der Waals surface area contributed by atoms with E-state index in [2.05, 4.69) is 0 Å². The van der Waals surface area contributed by atoms with Crippen molar-refractivity contribution < 1.29 is 9.53 Å². The first-order valence-electron chi connectivity index (χ1n) is 6.35. The number of hydrogen-bond donors (Lipinski definition) is 1. The Kier molecular flexibility index (Phi) is 4.20. The number of hydrogen-bond acceptors (Lipinski definition) is 3. The third kappa shape index (κ3) is 3.23. The van der Waals surface area contributed by atoms with Gasteiger partial charge in [0.25, 0.3) is 5.91 Å². The third-order valence-corrected chi connectivity index (χ3v) is 3.35. The first-order chi connectivity index (χ1) is 8.66. The van der Waals surface area contributed by atoms with Gasteiger partial charge in [-0.15, -0.1) is 0 Å². The molecule has 0 aromatic heterocycles. The van der Waals surface area contributed by atoms with E-state index in [1.807, 2.05) is 13.1 Å². The maximum Gasteiger partial charge on any atom is 0.253 e. The zero-order chi connectivity index (χ0) is 13.0. The SMILES string of the molecule is CN(CC1CCOCC1)C(=O)c1cccc(N)c1. The molecule has 0 saturated carbocycles. The van der Waals surface area contributed by atoms with Gasteiger partial charge in [-0.3, -0.25) is 4.79 Å². The van der Waals surface area contributed by atoms with Crippen LogP contribution in [0, 0.1) is 5.92 Å². The monoisotopic (exact) mass is 248 g/mol. The van der Waals surface area contributed by atoms with Crippen molar-refractivity contribution in [2.24, 2.45) is 5.92 Å². The lowest BCUT2D eigenvalue weighted by Crippen LogP contribution is -2.34. The van der Waals surface area contributed by atoms with Crippen LogP contribution in [0.1, 0.15) is 23.2 Å². The van der Waals surface area contributed by atoms with Gasteiger partial charge in [0.2, 0.25) is 0 Å². The Morgan fingerprint density at radius 1 is 1.44 bits per heavy atom. The minimum atomic E-state index is 0.0359. The van der Waals surface area contributed by atoms with Gasteiger partial charge in [-0.05, 0) is 37.0 Å². The van der Waals surface area contributed by atoms with Crippen molar-refractivity contribution in [1.82, 2.24) is 4.90 Å². The van der Waals surface area contributed by atoms with E-state index in [1.54, 1.807) is 23.1 Å². The van der Waals surface area contributed by atoms with E-state index in [9.17, 15) is 4.79 Å². The molecule has 0 radical (unpaired) electrons. The lowest BCUT2D eigenvalue weighted by atomic mass is 9.99. The summed E-state index contributed by atoms with van der Waals surface area (Å²) in [6.45, 7) is 2.41. The molecule has 0 unspecified atom stereocenters. The summed E-state index contributed by atoms with van der Waals surface area (Å²) in [5.74, 6) is 0.586. The third-order valence-electron chi connectivity index (χ3n) is 3.35. The molecular formula is C14H20N2O2. The summed E-state index contributed by atoms with van der Waals surface area (Å²) >= 11 is 0. The molecule has 1 aliphatic heterocycles. The Bertz CT molecular complexity index is 414. The second-order valence-corrected chi connectivity index (χ2v) is 4.87. The van der Waals surface area contributed by atoms with E-state index < -0.39 is 0 Å². The molecule has 1 saturated heterocycles. The molecule has 18 heavy (non-hydrogen) atoms. The molecule has 2 N–H and O–H groups in total. The summed E-state index contributed by atoms with van der Waals surface area (Å²) < 4.78 is 5.32. The van der Waals surface area contributed by atoms with Gasteiger partial charge in [0.05, 0.1) is 0 Å². The highest BCUT2D eigenvalue weighted by Gasteiger charge is 2.19. The summed E-state index contributed by atoms with van der Waals surface area (Å²) in [4.78, 5) is 14.0. The fraction of sp³-hybridized carbons (Fsp3) is 0.500. The van der Waals surface area contributed by atoms with Crippen molar-refractivity contribution in [3.05, 3.63) is 29.8 Å². The molecule has 1 heterocycles. The molecule has 0 spiro atoms. The highest BCUT2D eigenvalue weighted by molar-refractivity contribution is 5.94. The van der Waals surface area contributed by atoms with Crippen LogP contribution in [0.2, 0.25) is 0 Å². The van der Waals surface area contributed by atoms with E-state index in [1.165, 1.54) is 0 Å². The molecule has 1 aliphatic rings. The zero-order valence-corrected chi connectivity index (χ0v) is 10.8. The van der Waals surface area contributed by atoms with Gasteiger partial charge in [0.15, 0.2) is 0 Å². The normalized spacial score (nSPS) is 16.5. The largest absolute Gasteiger partial charge is 0.399 e. The summed E-state index contributed by atoms with van der Waals surface area (Å²) in [6.07, 6.45) is 2.07. The summed E-state index contributed by atoms with van der Waals surface area (Å²) in [6, 6.07) is 7.13. The van der Waals surface area contributed by atoms with Gasteiger partial charge in [0.1, 0.15) is 0 Å². The fourth-order valence-electron chi connectivity index (χ4n) is 2.29. The maximum absolute atomic E-state index is 12.2. The van der Waals surface area contributed by atoms with Gasteiger partial charge in [-0.25, -0.2) is 0 Å². The van der Waals surface area contributed by atoms with E-state index in [0.717, 1.165) is 32.6 Å².